The molecule has 19 heavy (non-hydrogen) atoms. The zero-order valence-electron chi connectivity index (χ0n) is 12.8. The Morgan fingerprint density at radius 2 is 1.95 bits per heavy atom. The van der Waals surface area contributed by atoms with Gasteiger partial charge in [0.2, 0.25) is 5.91 Å². The number of hydrogen-bond donors (Lipinski definition) is 2. The molecule has 1 atom stereocenters. The third-order valence-electron chi connectivity index (χ3n) is 5.33. The fourth-order valence-corrected chi connectivity index (χ4v) is 3.88. The fraction of sp³-hybridized carbons (Fsp3) is 0.938. The third kappa shape index (κ3) is 3.13. The molecule has 0 bridgehead atoms. The van der Waals surface area contributed by atoms with Crippen molar-refractivity contribution in [2.45, 2.75) is 71.8 Å². The Balaban J connectivity index is 2.03. The lowest BCUT2D eigenvalue weighted by molar-refractivity contribution is -0.134. The van der Waals surface area contributed by atoms with E-state index in [2.05, 4.69) is 31.4 Å². The highest BCUT2D eigenvalue weighted by molar-refractivity contribution is 5.83. The molecule has 3 nitrogen and oxygen atoms in total. The Morgan fingerprint density at radius 1 is 1.26 bits per heavy atom. The number of rotatable bonds is 4. The zero-order valence-corrected chi connectivity index (χ0v) is 12.8. The van der Waals surface area contributed by atoms with Crippen LogP contribution in [0.3, 0.4) is 0 Å². The van der Waals surface area contributed by atoms with E-state index in [-0.39, 0.29) is 10.8 Å². The van der Waals surface area contributed by atoms with Gasteiger partial charge in [0.25, 0.3) is 0 Å². The van der Waals surface area contributed by atoms with E-state index in [1.807, 2.05) is 0 Å². The molecule has 0 aromatic heterocycles. The van der Waals surface area contributed by atoms with Gasteiger partial charge >= 0.3 is 0 Å². The first-order valence-corrected chi connectivity index (χ1v) is 8.02. The second-order valence-electron chi connectivity index (χ2n) is 7.19. The number of amides is 1. The average Bonchev–Trinajstić information content (AvgIpc) is 2.70. The summed E-state index contributed by atoms with van der Waals surface area (Å²) in [6, 6.07) is 0.378. The van der Waals surface area contributed by atoms with Crippen LogP contribution in [-0.2, 0) is 4.79 Å². The molecule has 1 saturated heterocycles. The number of hydrogen-bond acceptors (Lipinski definition) is 2. The van der Waals surface area contributed by atoms with Gasteiger partial charge in [-0.05, 0) is 50.6 Å². The summed E-state index contributed by atoms with van der Waals surface area (Å²) >= 11 is 0. The highest BCUT2D eigenvalue weighted by Crippen LogP contribution is 2.39. The molecule has 2 aliphatic rings. The Morgan fingerprint density at radius 3 is 2.47 bits per heavy atom. The standard InChI is InChI=1S/C16H30N2O/c1-4-7-16(9-11-17-12-10-16)14(19)18-13-6-5-8-15(13,2)3/h13,17H,4-12H2,1-3H3,(H,18,19). The first-order valence-electron chi connectivity index (χ1n) is 8.02. The molecule has 0 aromatic carbocycles. The van der Waals surface area contributed by atoms with Crippen LogP contribution in [-0.4, -0.2) is 25.0 Å². The molecule has 0 radical (unpaired) electrons. The van der Waals surface area contributed by atoms with Crippen LogP contribution in [0.4, 0.5) is 0 Å². The molecule has 0 aromatic rings. The van der Waals surface area contributed by atoms with Gasteiger partial charge in [-0.2, -0.15) is 0 Å². The molecule has 1 unspecified atom stereocenters. The molecule has 1 aliphatic carbocycles. The van der Waals surface area contributed by atoms with Crippen molar-refractivity contribution in [1.82, 2.24) is 10.6 Å². The quantitative estimate of drug-likeness (QED) is 0.821. The van der Waals surface area contributed by atoms with Crippen LogP contribution in [0.5, 0.6) is 0 Å². The van der Waals surface area contributed by atoms with Crippen molar-refractivity contribution in [3.63, 3.8) is 0 Å². The summed E-state index contributed by atoms with van der Waals surface area (Å²) in [7, 11) is 0. The molecule has 0 spiro atoms. The van der Waals surface area contributed by atoms with E-state index in [1.165, 1.54) is 12.8 Å². The van der Waals surface area contributed by atoms with Crippen LogP contribution in [0.25, 0.3) is 0 Å². The van der Waals surface area contributed by atoms with E-state index in [9.17, 15) is 4.79 Å². The molecule has 1 saturated carbocycles. The highest BCUT2D eigenvalue weighted by atomic mass is 16.2. The zero-order chi connectivity index (χ0) is 13.9. The Bertz CT molecular complexity index is 313. The predicted molar refractivity (Wildman–Crippen MR) is 79.0 cm³/mol. The second-order valence-corrected chi connectivity index (χ2v) is 7.19. The normalized spacial score (nSPS) is 29.1. The number of carbonyl (C=O) groups excluding carboxylic acids is 1. The predicted octanol–water partition coefficient (Wildman–Crippen LogP) is 2.85. The van der Waals surface area contributed by atoms with Crippen LogP contribution in [0.1, 0.15) is 65.7 Å². The summed E-state index contributed by atoms with van der Waals surface area (Å²) in [4.78, 5) is 12.8. The van der Waals surface area contributed by atoms with Gasteiger partial charge < -0.3 is 10.6 Å². The SMILES string of the molecule is CCCC1(C(=O)NC2CCCC2(C)C)CCNCC1. The maximum atomic E-state index is 12.8. The van der Waals surface area contributed by atoms with Crippen molar-refractivity contribution in [3.05, 3.63) is 0 Å². The van der Waals surface area contributed by atoms with Crippen molar-refractivity contribution >= 4 is 5.91 Å². The van der Waals surface area contributed by atoms with Gasteiger partial charge in [0, 0.05) is 6.04 Å². The van der Waals surface area contributed by atoms with Crippen LogP contribution in [0.15, 0.2) is 0 Å². The summed E-state index contributed by atoms with van der Waals surface area (Å²) in [5.74, 6) is 0.329. The Kier molecular flexibility index (Phi) is 4.54. The minimum atomic E-state index is -0.0985. The van der Waals surface area contributed by atoms with Crippen LogP contribution < -0.4 is 10.6 Å². The molecule has 3 heteroatoms. The Hall–Kier alpha value is -0.570. The molecule has 110 valence electrons. The molecule has 2 rings (SSSR count). The minimum Gasteiger partial charge on any atom is -0.352 e. The largest absolute Gasteiger partial charge is 0.352 e. The van der Waals surface area contributed by atoms with Gasteiger partial charge in [0.15, 0.2) is 0 Å². The average molecular weight is 266 g/mol. The van der Waals surface area contributed by atoms with E-state index in [1.54, 1.807) is 0 Å². The number of nitrogens with one attached hydrogen (secondary N) is 2. The molecule has 1 heterocycles. The molecular weight excluding hydrogens is 236 g/mol. The number of piperidine rings is 1. The monoisotopic (exact) mass is 266 g/mol. The summed E-state index contributed by atoms with van der Waals surface area (Å²) in [5.41, 5.74) is 0.175. The van der Waals surface area contributed by atoms with Gasteiger partial charge in [-0.3, -0.25) is 4.79 Å². The van der Waals surface area contributed by atoms with Gasteiger partial charge in [-0.15, -0.1) is 0 Å². The number of carbonyl (C=O) groups is 1. The van der Waals surface area contributed by atoms with E-state index < -0.39 is 0 Å². The lowest BCUT2D eigenvalue weighted by Gasteiger charge is -2.39. The highest BCUT2D eigenvalue weighted by Gasteiger charge is 2.42. The molecule has 2 fully saturated rings. The summed E-state index contributed by atoms with van der Waals surface area (Å²) in [5, 5.41) is 6.78. The topological polar surface area (TPSA) is 41.1 Å². The van der Waals surface area contributed by atoms with E-state index in [0.29, 0.717) is 11.9 Å². The van der Waals surface area contributed by atoms with Gasteiger partial charge in [-0.1, -0.05) is 33.6 Å². The summed E-state index contributed by atoms with van der Waals surface area (Å²) < 4.78 is 0. The molecule has 1 amide bonds. The minimum absolute atomic E-state index is 0.0985. The maximum Gasteiger partial charge on any atom is 0.226 e. The van der Waals surface area contributed by atoms with Gasteiger partial charge in [-0.25, -0.2) is 0 Å². The van der Waals surface area contributed by atoms with Crippen LogP contribution in [0.2, 0.25) is 0 Å². The van der Waals surface area contributed by atoms with Crippen LogP contribution in [0, 0.1) is 10.8 Å². The molecule has 2 N–H and O–H groups in total. The second kappa shape index (κ2) is 5.82. The first-order chi connectivity index (χ1) is 9.00. The molecule has 1 aliphatic heterocycles. The van der Waals surface area contributed by atoms with Crippen molar-refractivity contribution in [2.24, 2.45) is 10.8 Å². The van der Waals surface area contributed by atoms with E-state index in [0.717, 1.165) is 45.2 Å². The smallest absolute Gasteiger partial charge is 0.226 e. The van der Waals surface area contributed by atoms with Gasteiger partial charge in [0.1, 0.15) is 0 Å². The Labute approximate surface area is 117 Å². The van der Waals surface area contributed by atoms with Crippen molar-refractivity contribution in [1.29, 1.82) is 0 Å². The molecular formula is C16H30N2O. The lowest BCUT2D eigenvalue weighted by Crippen LogP contribution is -2.52. The first kappa shape index (κ1) is 14.8. The maximum absolute atomic E-state index is 12.8. The fourth-order valence-electron chi connectivity index (χ4n) is 3.88. The van der Waals surface area contributed by atoms with Gasteiger partial charge in [0.05, 0.1) is 5.41 Å². The lowest BCUT2D eigenvalue weighted by atomic mass is 9.74. The summed E-state index contributed by atoms with van der Waals surface area (Å²) in [6.45, 7) is 8.75. The third-order valence-corrected chi connectivity index (χ3v) is 5.33. The van der Waals surface area contributed by atoms with Crippen molar-refractivity contribution < 1.29 is 4.79 Å². The van der Waals surface area contributed by atoms with Crippen LogP contribution >= 0.6 is 0 Å². The van der Waals surface area contributed by atoms with Crippen molar-refractivity contribution in [3.8, 4) is 0 Å². The van der Waals surface area contributed by atoms with Crippen molar-refractivity contribution in [2.75, 3.05) is 13.1 Å². The van der Waals surface area contributed by atoms with E-state index >= 15 is 0 Å². The van der Waals surface area contributed by atoms with E-state index in [4.69, 9.17) is 0 Å². The summed E-state index contributed by atoms with van der Waals surface area (Å²) in [6.07, 6.45) is 7.77.